The minimum absolute atomic E-state index is 0.288. The van der Waals surface area contributed by atoms with Crippen LogP contribution in [0.3, 0.4) is 0 Å². The Labute approximate surface area is 77.1 Å². The van der Waals surface area contributed by atoms with Gasteiger partial charge in [0.1, 0.15) is 6.10 Å². The second-order valence-corrected chi connectivity index (χ2v) is 3.35. The topological polar surface area (TPSA) is 26.3 Å². The van der Waals surface area contributed by atoms with Gasteiger partial charge in [-0.2, -0.15) is 4.39 Å². The highest BCUT2D eigenvalue weighted by Crippen LogP contribution is 2.20. The van der Waals surface area contributed by atoms with Crippen molar-refractivity contribution < 1.29 is 13.9 Å². The van der Waals surface area contributed by atoms with Gasteiger partial charge < -0.3 is 4.74 Å². The Balaban J connectivity index is 2.45. The van der Waals surface area contributed by atoms with E-state index in [4.69, 9.17) is 4.74 Å². The standard InChI is InChI=1S/C10H13FO2/c1-7-4-3-5-9(6-7)13-10(12)8(2)11/h3,5,7,9H,2,4,6H2,1H3. The summed E-state index contributed by atoms with van der Waals surface area (Å²) in [5.41, 5.74) is 0. The first-order chi connectivity index (χ1) is 6.09. The molecule has 0 heterocycles. The molecule has 2 atom stereocenters. The van der Waals surface area contributed by atoms with E-state index < -0.39 is 11.8 Å². The van der Waals surface area contributed by atoms with Crippen LogP contribution in [-0.4, -0.2) is 12.1 Å². The van der Waals surface area contributed by atoms with E-state index in [0.717, 1.165) is 12.8 Å². The highest BCUT2D eigenvalue weighted by molar-refractivity contribution is 5.85. The van der Waals surface area contributed by atoms with Crippen molar-refractivity contribution in [2.24, 2.45) is 5.92 Å². The number of hydrogen-bond acceptors (Lipinski definition) is 2. The third-order valence-electron chi connectivity index (χ3n) is 2.00. The van der Waals surface area contributed by atoms with Crippen LogP contribution in [0, 0.1) is 5.92 Å². The second-order valence-electron chi connectivity index (χ2n) is 3.35. The van der Waals surface area contributed by atoms with Crippen LogP contribution in [0.15, 0.2) is 24.6 Å². The van der Waals surface area contributed by atoms with E-state index in [1.807, 2.05) is 6.08 Å². The molecule has 1 rings (SSSR count). The van der Waals surface area contributed by atoms with Gasteiger partial charge in [-0.1, -0.05) is 19.6 Å². The summed E-state index contributed by atoms with van der Waals surface area (Å²) in [5, 5.41) is 0. The van der Waals surface area contributed by atoms with Crippen molar-refractivity contribution in [3.63, 3.8) is 0 Å². The molecule has 0 fully saturated rings. The van der Waals surface area contributed by atoms with Crippen LogP contribution >= 0.6 is 0 Å². The number of esters is 1. The van der Waals surface area contributed by atoms with Gasteiger partial charge in [0.05, 0.1) is 0 Å². The maximum Gasteiger partial charge on any atom is 0.367 e. The number of hydrogen-bond donors (Lipinski definition) is 0. The highest BCUT2D eigenvalue weighted by Gasteiger charge is 2.19. The van der Waals surface area contributed by atoms with Crippen LogP contribution in [0.4, 0.5) is 4.39 Å². The average Bonchev–Trinajstić information content (AvgIpc) is 2.04. The molecule has 1 aliphatic carbocycles. The van der Waals surface area contributed by atoms with Crippen molar-refractivity contribution in [1.82, 2.24) is 0 Å². The first-order valence-corrected chi connectivity index (χ1v) is 4.31. The lowest BCUT2D eigenvalue weighted by Gasteiger charge is -2.21. The maximum absolute atomic E-state index is 12.3. The third-order valence-corrected chi connectivity index (χ3v) is 2.00. The Bertz CT molecular complexity index is 245. The van der Waals surface area contributed by atoms with Crippen LogP contribution in [0.25, 0.3) is 0 Å². The predicted molar refractivity (Wildman–Crippen MR) is 47.7 cm³/mol. The zero-order chi connectivity index (χ0) is 9.84. The predicted octanol–water partition coefficient (Wildman–Crippen LogP) is 2.37. The summed E-state index contributed by atoms with van der Waals surface area (Å²) < 4.78 is 17.1. The van der Waals surface area contributed by atoms with Gasteiger partial charge in [-0.25, -0.2) is 4.79 Å². The van der Waals surface area contributed by atoms with Crippen LogP contribution in [0.2, 0.25) is 0 Å². The van der Waals surface area contributed by atoms with Crippen molar-refractivity contribution >= 4 is 5.97 Å². The zero-order valence-corrected chi connectivity index (χ0v) is 7.63. The second kappa shape index (κ2) is 4.21. The molecular formula is C10H13FO2. The molecule has 0 amide bonds. The minimum Gasteiger partial charge on any atom is -0.453 e. The Morgan fingerprint density at radius 1 is 1.69 bits per heavy atom. The van der Waals surface area contributed by atoms with Gasteiger partial charge >= 0.3 is 5.97 Å². The largest absolute Gasteiger partial charge is 0.453 e. The molecule has 0 aromatic carbocycles. The van der Waals surface area contributed by atoms with E-state index in [1.165, 1.54) is 0 Å². The molecule has 0 aliphatic heterocycles. The summed E-state index contributed by atoms with van der Waals surface area (Å²) in [7, 11) is 0. The Kier molecular flexibility index (Phi) is 3.23. The van der Waals surface area contributed by atoms with Gasteiger partial charge in [0, 0.05) is 0 Å². The molecule has 1 aliphatic rings. The molecule has 2 unspecified atom stereocenters. The SMILES string of the molecule is C=C(F)C(=O)OC1C=CCC(C)C1. The van der Waals surface area contributed by atoms with Gasteiger partial charge in [0.2, 0.25) is 5.83 Å². The molecule has 72 valence electrons. The van der Waals surface area contributed by atoms with E-state index in [-0.39, 0.29) is 6.10 Å². The van der Waals surface area contributed by atoms with Gasteiger partial charge in [-0.3, -0.25) is 0 Å². The summed E-state index contributed by atoms with van der Waals surface area (Å²) in [6.07, 6.45) is 5.21. The van der Waals surface area contributed by atoms with Crippen molar-refractivity contribution in [2.75, 3.05) is 0 Å². The molecule has 2 nitrogen and oxygen atoms in total. The van der Waals surface area contributed by atoms with E-state index in [9.17, 15) is 9.18 Å². The van der Waals surface area contributed by atoms with Crippen molar-refractivity contribution in [3.05, 3.63) is 24.6 Å². The number of halogens is 1. The molecule has 0 spiro atoms. The van der Waals surface area contributed by atoms with Crippen LogP contribution < -0.4 is 0 Å². The quantitative estimate of drug-likeness (QED) is 0.374. The summed E-state index contributed by atoms with van der Waals surface area (Å²) in [6, 6.07) is 0. The number of ether oxygens (including phenoxy) is 1. The lowest BCUT2D eigenvalue weighted by Crippen LogP contribution is -2.21. The number of carbonyl (C=O) groups excluding carboxylic acids is 1. The van der Waals surface area contributed by atoms with Crippen LogP contribution in [-0.2, 0) is 9.53 Å². The fraction of sp³-hybridized carbons (Fsp3) is 0.500. The molecule has 13 heavy (non-hydrogen) atoms. The average molecular weight is 184 g/mol. The van der Waals surface area contributed by atoms with Gasteiger partial charge in [-0.15, -0.1) is 0 Å². The van der Waals surface area contributed by atoms with Crippen LogP contribution in [0.1, 0.15) is 19.8 Å². The first kappa shape index (κ1) is 9.96. The van der Waals surface area contributed by atoms with Gasteiger partial charge in [0.25, 0.3) is 0 Å². The smallest absolute Gasteiger partial charge is 0.367 e. The Morgan fingerprint density at radius 2 is 2.38 bits per heavy atom. The number of carbonyl (C=O) groups is 1. The summed E-state index contributed by atoms with van der Waals surface area (Å²) >= 11 is 0. The fourth-order valence-corrected chi connectivity index (χ4v) is 1.32. The van der Waals surface area contributed by atoms with Crippen molar-refractivity contribution in [2.45, 2.75) is 25.9 Å². The summed E-state index contributed by atoms with van der Waals surface area (Å²) in [5.74, 6) is -1.51. The molecule has 0 saturated heterocycles. The van der Waals surface area contributed by atoms with Gasteiger partial charge in [-0.05, 0) is 24.8 Å². The maximum atomic E-state index is 12.3. The fourth-order valence-electron chi connectivity index (χ4n) is 1.32. The van der Waals surface area contributed by atoms with E-state index in [0.29, 0.717) is 5.92 Å². The lowest BCUT2D eigenvalue weighted by atomic mass is 9.94. The molecule has 0 N–H and O–H groups in total. The molecule has 0 radical (unpaired) electrons. The normalized spacial score (nSPS) is 26.9. The number of allylic oxidation sites excluding steroid dienone is 1. The molecular weight excluding hydrogens is 171 g/mol. The van der Waals surface area contributed by atoms with Gasteiger partial charge in [0.15, 0.2) is 0 Å². The van der Waals surface area contributed by atoms with E-state index in [2.05, 4.69) is 13.5 Å². The van der Waals surface area contributed by atoms with E-state index >= 15 is 0 Å². The summed E-state index contributed by atoms with van der Waals surface area (Å²) in [6.45, 7) is 4.94. The highest BCUT2D eigenvalue weighted by atomic mass is 19.1. The number of rotatable bonds is 2. The minimum atomic E-state index is -1.04. The Morgan fingerprint density at radius 3 is 2.92 bits per heavy atom. The molecule has 0 saturated carbocycles. The first-order valence-electron chi connectivity index (χ1n) is 4.31. The molecule has 0 aromatic heterocycles. The Hall–Kier alpha value is -1.12. The summed E-state index contributed by atoms with van der Waals surface area (Å²) in [4.78, 5) is 10.8. The molecule has 0 aromatic rings. The van der Waals surface area contributed by atoms with Crippen LogP contribution in [0.5, 0.6) is 0 Å². The molecule has 0 bridgehead atoms. The van der Waals surface area contributed by atoms with E-state index in [1.54, 1.807) is 6.08 Å². The monoisotopic (exact) mass is 184 g/mol. The van der Waals surface area contributed by atoms with Crippen molar-refractivity contribution in [1.29, 1.82) is 0 Å². The van der Waals surface area contributed by atoms with Crippen molar-refractivity contribution in [3.8, 4) is 0 Å². The molecule has 3 heteroatoms. The zero-order valence-electron chi connectivity index (χ0n) is 7.63. The lowest BCUT2D eigenvalue weighted by molar-refractivity contribution is -0.144. The third kappa shape index (κ3) is 3.01.